The third kappa shape index (κ3) is 2.40. The molecule has 21 heavy (non-hydrogen) atoms. The highest BCUT2D eigenvalue weighted by molar-refractivity contribution is 6.11. The van der Waals surface area contributed by atoms with Crippen LogP contribution in [0.5, 0.6) is 0 Å². The van der Waals surface area contributed by atoms with E-state index in [-0.39, 0.29) is 12.1 Å². The maximum Gasteiger partial charge on any atom is 0.353 e. The summed E-state index contributed by atoms with van der Waals surface area (Å²) in [5.41, 5.74) is -1.47. The third-order valence-electron chi connectivity index (χ3n) is 3.51. The molecule has 0 saturated heterocycles. The molecule has 0 atom stereocenters. The van der Waals surface area contributed by atoms with E-state index in [0.29, 0.717) is 0 Å². The van der Waals surface area contributed by atoms with E-state index < -0.39 is 29.0 Å². The Balaban J connectivity index is 2.52. The molecule has 2 rings (SSSR count). The number of amides is 1. The van der Waals surface area contributed by atoms with Crippen molar-refractivity contribution in [3.8, 4) is 0 Å². The smallest absolute Gasteiger partial charge is 0.353 e. The van der Waals surface area contributed by atoms with Gasteiger partial charge in [-0.3, -0.25) is 4.79 Å². The molecule has 0 fully saturated rings. The summed E-state index contributed by atoms with van der Waals surface area (Å²) in [6.07, 6.45) is 0. The fourth-order valence-electron chi connectivity index (χ4n) is 2.48. The Morgan fingerprint density at radius 1 is 1.10 bits per heavy atom. The van der Waals surface area contributed by atoms with Crippen LogP contribution < -0.4 is 0 Å². The number of rotatable bonds is 4. The van der Waals surface area contributed by atoms with Gasteiger partial charge in [0.1, 0.15) is 5.70 Å². The van der Waals surface area contributed by atoms with E-state index in [1.807, 2.05) is 0 Å². The molecule has 1 aliphatic heterocycles. The van der Waals surface area contributed by atoms with Crippen LogP contribution in [0.4, 0.5) is 0 Å². The van der Waals surface area contributed by atoms with Crippen LogP contribution in [0, 0.1) is 5.41 Å². The molecule has 0 aliphatic carbocycles. The molecule has 1 aliphatic rings. The molecular weight excluding hydrogens is 274 g/mol. The third-order valence-corrected chi connectivity index (χ3v) is 3.51. The molecule has 6 heteroatoms. The van der Waals surface area contributed by atoms with E-state index >= 15 is 0 Å². The molecular formula is C15H15NO5. The second kappa shape index (κ2) is 5.05. The first-order valence-electron chi connectivity index (χ1n) is 6.34. The Hall–Kier alpha value is -2.63. The lowest BCUT2D eigenvalue weighted by molar-refractivity contribution is -0.141. The van der Waals surface area contributed by atoms with Crippen LogP contribution in [0.25, 0.3) is 0 Å². The Labute approximate surface area is 121 Å². The van der Waals surface area contributed by atoms with Crippen molar-refractivity contribution in [2.75, 3.05) is 0 Å². The van der Waals surface area contributed by atoms with Gasteiger partial charge in [-0.1, -0.05) is 30.3 Å². The van der Waals surface area contributed by atoms with E-state index in [1.54, 1.807) is 30.3 Å². The SMILES string of the molecule is CC1(C)C(=O)N(Cc2ccccc2)C(C(=O)O)=C1C(=O)O. The van der Waals surface area contributed by atoms with Crippen LogP contribution in [0.2, 0.25) is 0 Å². The number of hydrogen-bond acceptors (Lipinski definition) is 3. The summed E-state index contributed by atoms with van der Waals surface area (Å²) >= 11 is 0. The van der Waals surface area contributed by atoms with Crippen LogP contribution in [-0.2, 0) is 20.9 Å². The van der Waals surface area contributed by atoms with Gasteiger partial charge in [-0.05, 0) is 19.4 Å². The standard InChI is InChI=1S/C15H15NO5/c1-15(2)10(12(17)18)11(13(19)20)16(14(15)21)8-9-6-4-3-5-7-9/h3-7H,8H2,1-2H3,(H,17,18)(H,19,20). The van der Waals surface area contributed by atoms with Crippen LogP contribution >= 0.6 is 0 Å². The molecule has 0 spiro atoms. The number of aliphatic carboxylic acids is 2. The molecule has 0 unspecified atom stereocenters. The fourth-order valence-corrected chi connectivity index (χ4v) is 2.48. The molecule has 0 aromatic heterocycles. The van der Waals surface area contributed by atoms with Gasteiger partial charge in [-0.25, -0.2) is 9.59 Å². The predicted molar refractivity (Wildman–Crippen MR) is 73.1 cm³/mol. The van der Waals surface area contributed by atoms with E-state index in [1.165, 1.54) is 13.8 Å². The minimum absolute atomic E-state index is 0.0293. The van der Waals surface area contributed by atoms with Crippen LogP contribution in [0.1, 0.15) is 19.4 Å². The van der Waals surface area contributed by atoms with Crippen molar-refractivity contribution in [3.05, 3.63) is 47.2 Å². The van der Waals surface area contributed by atoms with Gasteiger partial charge in [0.2, 0.25) is 5.91 Å². The Morgan fingerprint density at radius 2 is 1.67 bits per heavy atom. The molecule has 1 heterocycles. The molecule has 0 bridgehead atoms. The van der Waals surface area contributed by atoms with Gasteiger partial charge < -0.3 is 15.1 Å². The van der Waals surface area contributed by atoms with Crippen molar-refractivity contribution in [3.63, 3.8) is 0 Å². The average Bonchev–Trinajstić information content (AvgIpc) is 2.60. The number of carbonyl (C=O) groups excluding carboxylic acids is 1. The summed E-state index contributed by atoms with van der Waals surface area (Å²) in [4.78, 5) is 36.3. The largest absolute Gasteiger partial charge is 0.478 e. The van der Waals surface area contributed by atoms with Crippen LogP contribution in [-0.4, -0.2) is 33.0 Å². The van der Waals surface area contributed by atoms with Gasteiger partial charge in [-0.2, -0.15) is 0 Å². The average molecular weight is 289 g/mol. The van der Waals surface area contributed by atoms with Crippen molar-refractivity contribution >= 4 is 17.8 Å². The fraction of sp³-hybridized carbons (Fsp3) is 0.267. The molecule has 110 valence electrons. The molecule has 1 aromatic rings. The van der Waals surface area contributed by atoms with Gasteiger partial charge >= 0.3 is 11.9 Å². The monoisotopic (exact) mass is 289 g/mol. The minimum atomic E-state index is -1.41. The van der Waals surface area contributed by atoms with E-state index in [0.717, 1.165) is 10.5 Å². The lowest BCUT2D eigenvalue weighted by Gasteiger charge is -2.21. The molecule has 1 aromatic carbocycles. The van der Waals surface area contributed by atoms with Crippen molar-refractivity contribution < 1.29 is 24.6 Å². The highest BCUT2D eigenvalue weighted by atomic mass is 16.4. The zero-order chi connectivity index (χ0) is 15.8. The molecule has 6 nitrogen and oxygen atoms in total. The van der Waals surface area contributed by atoms with Crippen LogP contribution in [0.15, 0.2) is 41.6 Å². The molecule has 0 radical (unpaired) electrons. The van der Waals surface area contributed by atoms with Crippen molar-refractivity contribution in [1.29, 1.82) is 0 Å². The zero-order valence-corrected chi connectivity index (χ0v) is 11.7. The number of carboxylic acids is 2. The van der Waals surface area contributed by atoms with Gasteiger partial charge in [0.25, 0.3) is 0 Å². The Kier molecular flexibility index (Phi) is 3.55. The second-order valence-corrected chi connectivity index (χ2v) is 5.34. The van der Waals surface area contributed by atoms with Gasteiger partial charge in [0, 0.05) is 0 Å². The topological polar surface area (TPSA) is 94.9 Å². The lowest BCUT2D eigenvalue weighted by Crippen LogP contribution is -2.34. The predicted octanol–water partition coefficient (Wildman–Crippen LogP) is 1.48. The quantitative estimate of drug-likeness (QED) is 0.875. The van der Waals surface area contributed by atoms with E-state index in [4.69, 9.17) is 0 Å². The lowest BCUT2D eigenvalue weighted by atomic mass is 9.85. The van der Waals surface area contributed by atoms with Crippen molar-refractivity contribution in [1.82, 2.24) is 4.90 Å². The number of hydrogen-bond donors (Lipinski definition) is 2. The molecule has 1 amide bonds. The summed E-state index contributed by atoms with van der Waals surface area (Å²) in [6.45, 7) is 2.88. The zero-order valence-electron chi connectivity index (χ0n) is 11.7. The summed E-state index contributed by atoms with van der Waals surface area (Å²) in [7, 11) is 0. The van der Waals surface area contributed by atoms with Gasteiger partial charge in [0.05, 0.1) is 17.5 Å². The first-order valence-corrected chi connectivity index (χ1v) is 6.34. The van der Waals surface area contributed by atoms with Gasteiger partial charge in [0.15, 0.2) is 0 Å². The molecule has 2 N–H and O–H groups in total. The first kappa shape index (κ1) is 14.8. The Morgan fingerprint density at radius 3 is 2.14 bits per heavy atom. The number of benzene rings is 1. The number of carbonyl (C=O) groups is 3. The second-order valence-electron chi connectivity index (χ2n) is 5.34. The summed E-state index contributed by atoms with van der Waals surface area (Å²) in [5, 5.41) is 18.6. The maximum atomic E-state index is 12.4. The van der Waals surface area contributed by atoms with Gasteiger partial charge in [-0.15, -0.1) is 0 Å². The maximum absolute atomic E-state index is 12.4. The molecule has 0 saturated carbocycles. The summed E-state index contributed by atoms with van der Waals surface area (Å²) in [6, 6.07) is 8.83. The van der Waals surface area contributed by atoms with Crippen molar-refractivity contribution in [2.45, 2.75) is 20.4 Å². The number of carboxylic acid groups (broad SMARTS) is 2. The van der Waals surface area contributed by atoms with E-state index in [2.05, 4.69) is 0 Å². The van der Waals surface area contributed by atoms with E-state index in [9.17, 15) is 24.6 Å². The highest BCUT2D eigenvalue weighted by Crippen LogP contribution is 2.40. The normalized spacial score (nSPS) is 17.2. The Bertz CT molecular complexity index is 645. The highest BCUT2D eigenvalue weighted by Gasteiger charge is 2.51. The summed E-state index contributed by atoms with van der Waals surface area (Å²) < 4.78 is 0. The number of nitrogens with zero attached hydrogens (tertiary/aromatic N) is 1. The summed E-state index contributed by atoms with van der Waals surface area (Å²) in [5.74, 6) is -3.33. The minimum Gasteiger partial charge on any atom is -0.478 e. The van der Waals surface area contributed by atoms with Crippen LogP contribution in [0.3, 0.4) is 0 Å². The first-order chi connectivity index (χ1) is 9.76. The van der Waals surface area contributed by atoms with Crippen molar-refractivity contribution in [2.24, 2.45) is 5.41 Å².